The van der Waals surface area contributed by atoms with Crippen LogP contribution in [0.5, 0.6) is 0 Å². The zero-order valence-corrected chi connectivity index (χ0v) is 13.0. The first-order chi connectivity index (χ1) is 11.3. The number of fused-ring (bicyclic) bond motifs is 1. The van der Waals surface area contributed by atoms with Crippen LogP contribution in [0.4, 0.5) is 0 Å². The van der Waals surface area contributed by atoms with Crippen molar-refractivity contribution in [2.75, 3.05) is 13.7 Å². The molecule has 1 aromatic carbocycles. The molecule has 0 aliphatic rings. The first kappa shape index (κ1) is 15.2. The molecule has 0 saturated carbocycles. The Kier molecular flexibility index (Phi) is 4.68. The zero-order chi connectivity index (χ0) is 16.1. The minimum atomic E-state index is -0.0944. The zero-order valence-electron chi connectivity index (χ0n) is 13.0. The fourth-order valence-electron chi connectivity index (χ4n) is 2.57. The molecule has 0 bridgehead atoms. The fourth-order valence-corrected chi connectivity index (χ4v) is 2.57. The summed E-state index contributed by atoms with van der Waals surface area (Å²) in [5.74, 6) is -0.0944. The molecular formula is C18H19N3O2. The molecule has 0 unspecified atom stereocenters. The summed E-state index contributed by atoms with van der Waals surface area (Å²) in [6.07, 6.45) is 3.61. The number of hydrogen-bond acceptors (Lipinski definition) is 3. The lowest BCUT2D eigenvalue weighted by Crippen LogP contribution is -2.23. The number of methoxy groups -OCH3 is 1. The van der Waals surface area contributed by atoms with Crippen molar-refractivity contribution in [1.82, 2.24) is 14.9 Å². The standard InChI is InChI=1S/C18H19N3O2/c1-23-11-10-21-13-16(15-7-2-3-8-17(15)21)18(22)20-12-14-6-4-5-9-19-14/h2-9,13H,10-12H2,1H3,(H,20,22). The van der Waals surface area contributed by atoms with Crippen molar-refractivity contribution in [1.29, 1.82) is 0 Å². The summed E-state index contributed by atoms with van der Waals surface area (Å²) in [7, 11) is 1.67. The Bertz CT molecular complexity index is 796. The number of benzene rings is 1. The van der Waals surface area contributed by atoms with Gasteiger partial charge in [0.15, 0.2) is 0 Å². The summed E-state index contributed by atoms with van der Waals surface area (Å²) < 4.78 is 7.19. The third-order valence-electron chi connectivity index (χ3n) is 3.73. The highest BCUT2D eigenvalue weighted by atomic mass is 16.5. The maximum Gasteiger partial charge on any atom is 0.253 e. The number of nitrogens with zero attached hydrogens (tertiary/aromatic N) is 2. The van der Waals surface area contributed by atoms with E-state index in [1.165, 1.54) is 0 Å². The van der Waals surface area contributed by atoms with Gasteiger partial charge in [0.05, 0.1) is 24.4 Å². The monoisotopic (exact) mass is 309 g/mol. The first-order valence-corrected chi connectivity index (χ1v) is 7.54. The number of para-hydroxylation sites is 1. The minimum Gasteiger partial charge on any atom is -0.383 e. The Balaban J connectivity index is 1.82. The molecule has 2 heterocycles. The van der Waals surface area contributed by atoms with Crippen molar-refractivity contribution in [3.63, 3.8) is 0 Å². The smallest absolute Gasteiger partial charge is 0.253 e. The topological polar surface area (TPSA) is 56.1 Å². The van der Waals surface area contributed by atoms with Gasteiger partial charge in [0.2, 0.25) is 0 Å². The lowest BCUT2D eigenvalue weighted by molar-refractivity contribution is 0.0951. The van der Waals surface area contributed by atoms with E-state index < -0.39 is 0 Å². The highest BCUT2D eigenvalue weighted by Crippen LogP contribution is 2.21. The van der Waals surface area contributed by atoms with Gasteiger partial charge in [-0.25, -0.2) is 0 Å². The number of carbonyl (C=O) groups is 1. The second-order valence-corrected chi connectivity index (χ2v) is 5.25. The van der Waals surface area contributed by atoms with Gasteiger partial charge < -0.3 is 14.6 Å². The molecule has 0 radical (unpaired) electrons. The molecule has 1 amide bonds. The summed E-state index contributed by atoms with van der Waals surface area (Å²) in [5, 5.41) is 3.88. The van der Waals surface area contributed by atoms with Gasteiger partial charge in [0, 0.05) is 37.0 Å². The summed E-state index contributed by atoms with van der Waals surface area (Å²) in [5.41, 5.74) is 2.55. The molecule has 23 heavy (non-hydrogen) atoms. The van der Waals surface area contributed by atoms with Crippen LogP contribution in [0.2, 0.25) is 0 Å². The van der Waals surface area contributed by atoms with Gasteiger partial charge in [0.1, 0.15) is 0 Å². The summed E-state index contributed by atoms with van der Waals surface area (Å²) in [6, 6.07) is 13.6. The normalized spacial score (nSPS) is 10.8. The van der Waals surface area contributed by atoms with E-state index in [0.717, 1.165) is 16.6 Å². The van der Waals surface area contributed by atoms with Crippen molar-refractivity contribution in [3.05, 3.63) is 66.1 Å². The minimum absolute atomic E-state index is 0.0944. The molecule has 0 atom stereocenters. The predicted molar refractivity (Wildman–Crippen MR) is 89.2 cm³/mol. The Labute approximate surface area is 134 Å². The maximum absolute atomic E-state index is 12.5. The molecule has 3 rings (SSSR count). The Morgan fingerprint density at radius 1 is 1.22 bits per heavy atom. The number of ether oxygens (including phenoxy) is 1. The van der Waals surface area contributed by atoms with Crippen molar-refractivity contribution >= 4 is 16.8 Å². The number of nitrogens with one attached hydrogen (secondary N) is 1. The van der Waals surface area contributed by atoms with Crippen molar-refractivity contribution in [2.45, 2.75) is 13.1 Å². The lowest BCUT2D eigenvalue weighted by Gasteiger charge is -2.03. The summed E-state index contributed by atoms with van der Waals surface area (Å²) in [6.45, 7) is 1.73. The van der Waals surface area contributed by atoms with Gasteiger partial charge in [-0.1, -0.05) is 24.3 Å². The van der Waals surface area contributed by atoms with Crippen molar-refractivity contribution in [2.24, 2.45) is 0 Å². The van der Waals surface area contributed by atoms with Crippen LogP contribution in [-0.4, -0.2) is 29.2 Å². The first-order valence-electron chi connectivity index (χ1n) is 7.54. The number of rotatable bonds is 6. The van der Waals surface area contributed by atoms with Crippen LogP contribution in [0.15, 0.2) is 54.9 Å². The van der Waals surface area contributed by atoms with Crippen LogP contribution < -0.4 is 5.32 Å². The van der Waals surface area contributed by atoms with Crippen LogP contribution in [0, 0.1) is 0 Å². The average molecular weight is 309 g/mol. The van der Waals surface area contributed by atoms with E-state index >= 15 is 0 Å². The number of carbonyl (C=O) groups excluding carboxylic acids is 1. The van der Waals surface area contributed by atoms with E-state index in [4.69, 9.17) is 4.74 Å². The Morgan fingerprint density at radius 3 is 2.83 bits per heavy atom. The third kappa shape index (κ3) is 3.40. The van der Waals surface area contributed by atoms with Crippen LogP contribution in [-0.2, 0) is 17.8 Å². The summed E-state index contributed by atoms with van der Waals surface area (Å²) >= 11 is 0. The molecule has 1 N–H and O–H groups in total. The van der Waals surface area contributed by atoms with Crippen LogP contribution >= 0.6 is 0 Å². The lowest BCUT2D eigenvalue weighted by atomic mass is 10.1. The van der Waals surface area contributed by atoms with Gasteiger partial charge in [-0.05, 0) is 18.2 Å². The van der Waals surface area contributed by atoms with Gasteiger partial charge in [-0.3, -0.25) is 9.78 Å². The number of amides is 1. The third-order valence-corrected chi connectivity index (χ3v) is 3.73. The van der Waals surface area contributed by atoms with E-state index in [0.29, 0.717) is 25.3 Å². The fraction of sp³-hybridized carbons (Fsp3) is 0.222. The van der Waals surface area contributed by atoms with Crippen LogP contribution in [0.25, 0.3) is 10.9 Å². The molecule has 3 aromatic rings. The van der Waals surface area contributed by atoms with Crippen LogP contribution in [0.3, 0.4) is 0 Å². The SMILES string of the molecule is COCCn1cc(C(=O)NCc2ccccn2)c2ccccc21. The highest BCUT2D eigenvalue weighted by molar-refractivity contribution is 6.06. The van der Waals surface area contributed by atoms with E-state index in [9.17, 15) is 4.79 Å². The molecule has 0 fully saturated rings. The largest absolute Gasteiger partial charge is 0.383 e. The number of hydrogen-bond donors (Lipinski definition) is 1. The molecule has 0 saturated heterocycles. The molecule has 0 spiro atoms. The van der Waals surface area contributed by atoms with E-state index in [2.05, 4.69) is 14.9 Å². The predicted octanol–water partition coefficient (Wildman–Crippen LogP) is 2.61. The Hall–Kier alpha value is -2.66. The van der Waals surface area contributed by atoms with Gasteiger partial charge >= 0.3 is 0 Å². The second-order valence-electron chi connectivity index (χ2n) is 5.25. The second kappa shape index (κ2) is 7.07. The molecule has 5 nitrogen and oxygen atoms in total. The van der Waals surface area contributed by atoms with Gasteiger partial charge in [-0.15, -0.1) is 0 Å². The molecule has 0 aliphatic carbocycles. The molecule has 0 aliphatic heterocycles. The van der Waals surface area contributed by atoms with Crippen molar-refractivity contribution < 1.29 is 9.53 Å². The molecule has 5 heteroatoms. The quantitative estimate of drug-likeness (QED) is 0.761. The Morgan fingerprint density at radius 2 is 2.04 bits per heavy atom. The van der Waals surface area contributed by atoms with E-state index in [-0.39, 0.29) is 5.91 Å². The average Bonchev–Trinajstić information content (AvgIpc) is 2.98. The highest BCUT2D eigenvalue weighted by Gasteiger charge is 2.14. The van der Waals surface area contributed by atoms with E-state index in [1.807, 2.05) is 48.7 Å². The molecule has 2 aromatic heterocycles. The van der Waals surface area contributed by atoms with Gasteiger partial charge in [0.25, 0.3) is 5.91 Å². The summed E-state index contributed by atoms with van der Waals surface area (Å²) in [4.78, 5) is 16.8. The number of aromatic nitrogens is 2. The maximum atomic E-state index is 12.5. The van der Waals surface area contributed by atoms with Crippen LogP contribution in [0.1, 0.15) is 16.1 Å². The van der Waals surface area contributed by atoms with Crippen molar-refractivity contribution in [3.8, 4) is 0 Å². The van der Waals surface area contributed by atoms with Gasteiger partial charge in [-0.2, -0.15) is 0 Å². The molecular weight excluding hydrogens is 290 g/mol. The number of pyridine rings is 1. The van der Waals surface area contributed by atoms with E-state index in [1.54, 1.807) is 13.3 Å². The molecule has 118 valence electrons.